The van der Waals surface area contributed by atoms with Crippen molar-refractivity contribution in [3.05, 3.63) is 70.1 Å². The van der Waals surface area contributed by atoms with Crippen LogP contribution in [0.4, 0.5) is 5.69 Å². The Balaban J connectivity index is 2.07. The van der Waals surface area contributed by atoms with Gasteiger partial charge in [0, 0.05) is 31.7 Å². The normalized spacial score (nSPS) is 10.9. The third kappa shape index (κ3) is 5.48. The van der Waals surface area contributed by atoms with Gasteiger partial charge in [-0.05, 0) is 43.2 Å². The van der Waals surface area contributed by atoms with Crippen LogP contribution in [-0.2, 0) is 11.2 Å². The number of nitriles is 1. The van der Waals surface area contributed by atoms with E-state index in [0.29, 0.717) is 23.8 Å². The highest BCUT2D eigenvalue weighted by Gasteiger charge is 2.14. The number of anilines is 1. The van der Waals surface area contributed by atoms with E-state index in [0.717, 1.165) is 12.0 Å². The largest absolute Gasteiger partial charge is 0.376 e. The Hall–Kier alpha value is -2.55. The molecule has 1 amide bonds. The quantitative estimate of drug-likeness (QED) is 0.566. The summed E-state index contributed by atoms with van der Waals surface area (Å²) in [4.78, 5) is 18.3. The lowest BCUT2D eigenvalue weighted by molar-refractivity contribution is -0.112. The molecule has 0 bridgehead atoms. The molecule has 0 aliphatic carbocycles. The van der Waals surface area contributed by atoms with Crippen LogP contribution in [0.15, 0.2) is 54.5 Å². The summed E-state index contributed by atoms with van der Waals surface area (Å²) in [5.41, 5.74) is 1.50. The minimum absolute atomic E-state index is 0.00220. The van der Waals surface area contributed by atoms with Gasteiger partial charge in [-0.3, -0.25) is 9.78 Å². The van der Waals surface area contributed by atoms with Gasteiger partial charge in [-0.25, -0.2) is 0 Å². The zero-order valence-corrected chi connectivity index (χ0v) is 15.8. The predicted octanol–water partition coefficient (Wildman–Crippen LogP) is 4.30. The van der Waals surface area contributed by atoms with Gasteiger partial charge >= 0.3 is 0 Å². The van der Waals surface area contributed by atoms with E-state index in [1.807, 2.05) is 30.0 Å². The summed E-state index contributed by atoms with van der Waals surface area (Å²) >= 11 is 12.0. The zero-order chi connectivity index (χ0) is 18.9. The lowest BCUT2D eigenvalue weighted by atomic mass is 10.2. The molecule has 0 aliphatic heterocycles. The number of pyridine rings is 1. The summed E-state index contributed by atoms with van der Waals surface area (Å²) < 4.78 is 0. The Morgan fingerprint density at radius 3 is 2.69 bits per heavy atom. The molecule has 1 N–H and O–H groups in total. The van der Waals surface area contributed by atoms with Gasteiger partial charge in [0.2, 0.25) is 0 Å². The van der Waals surface area contributed by atoms with Crippen LogP contribution in [0.2, 0.25) is 10.0 Å². The first-order valence-corrected chi connectivity index (χ1v) is 8.81. The van der Waals surface area contributed by atoms with E-state index >= 15 is 0 Å². The SMILES string of the molecule is CCN(/C=C(/C#N)C(=O)Nc1cccc(Cl)c1Cl)CCc1ccncc1. The van der Waals surface area contributed by atoms with Crippen LogP contribution < -0.4 is 5.32 Å². The first-order valence-electron chi connectivity index (χ1n) is 8.05. The topological polar surface area (TPSA) is 69.0 Å². The Morgan fingerprint density at radius 1 is 1.31 bits per heavy atom. The second-order valence-corrected chi connectivity index (χ2v) is 6.23. The molecule has 1 aromatic heterocycles. The number of benzene rings is 1. The maximum absolute atomic E-state index is 12.4. The molecule has 0 saturated heterocycles. The number of aromatic nitrogens is 1. The lowest BCUT2D eigenvalue weighted by Gasteiger charge is -2.19. The molecule has 1 aromatic carbocycles. The van der Waals surface area contributed by atoms with Gasteiger partial charge in [-0.2, -0.15) is 5.26 Å². The maximum Gasteiger partial charge on any atom is 0.267 e. The average molecular weight is 389 g/mol. The van der Waals surface area contributed by atoms with Crippen LogP contribution in [-0.4, -0.2) is 28.9 Å². The molecule has 0 aliphatic rings. The first-order chi connectivity index (χ1) is 12.5. The summed E-state index contributed by atoms with van der Waals surface area (Å²) in [6, 6.07) is 10.7. The Kier molecular flexibility index (Phi) is 7.46. The van der Waals surface area contributed by atoms with Crippen molar-refractivity contribution < 1.29 is 4.79 Å². The highest BCUT2D eigenvalue weighted by atomic mass is 35.5. The molecule has 0 unspecified atom stereocenters. The van der Waals surface area contributed by atoms with Crippen LogP contribution in [0.3, 0.4) is 0 Å². The van der Waals surface area contributed by atoms with Crippen molar-refractivity contribution in [2.45, 2.75) is 13.3 Å². The molecule has 0 radical (unpaired) electrons. The third-order valence-corrected chi connectivity index (χ3v) is 4.54. The van der Waals surface area contributed by atoms with Crippen LogP contribution in [0.5, 0.6) is 0 Å². The fourth-order valence-electron chi connectivity index (χ4n) is 2.25. The lowest BCUT2D eigenvalue weighted by Crippen LogP contribution is -2.23. The summed E-state index contributed by atoms with van der Waals surface area (Å²) in [6.45, 7) is 3.31. The van der Waals surface area contributed by atoms with Gasteiger partial charge in [0.05, 0.1) is 15.7 Å². The molecule has 0 atom stereocenters. The Morgan fingerprint density at radius 2 is 2.04 bits per heavy atom. The summed E-state index contributed by atoms with van der Waals surface area (Å²) in [6.07, 6.45) is 5.83. The van der Waals surface area contributed by atoms with Crippen molar-refractivity contribution >= 4 is 34.8 Å². The molecule has 134 valence electrons. The molecule has 0 spiro atoms. The van der Waals surface area contributed by atoms with Gasteiger partial charge < -0.3 is 10.2 Å². The van der Waals surface area contributed by atoms with E-state index in [1.54, 1.807) is 36.8 Å². The number of nitrogens with zero attached hydrogens (tertiary/aromatic N) is 3. The number of likely N-dealkylation sites (N-methyl/N-ethyl adjacent to an activating group) is 1. The monoisotopic (exact) mass is 388 g/mol. The number of halogens is 2. The zero-order valence-electron chi connectivity index (χ0n) is 14.2. The molecule has 5 nitrogen and oxygen atoms in total. The first kappa shape index (κ1) is 19.8. The third-order valence-electron chi connectivity index (χ3n) is 3.72. The van der Waals surface area contributed by atoms with Crippen LogP contribution in [0, 0.1) is 11.3 Å². The predicted molar refractivity (Wildman–Crippen MR) is 104 cm³/mol. The van der Waals surface area contributed by atoms with E-state index < -0.39 is 5.91 Å². The maximum atomic E-state index is 12.4. The smallest absolute Gasteiger partial charge is 0.267 e. The molecule has 2 rings (SSSR count). The minimum Gasteiger partial charge on any atom is -0.376 e. The van der Waals surface area contributed by atoms with Crippen molar-refractivity contribution in [3.63, 3.8) is 0 Å². The van der Waals surface area contributed by atoms with Gasteiger partial charge in [0.15, 0.2) is 0 Å². The van der Waals surface area contributed by atoms with E-state index in [4.69, 9.17) is 23.2 Å². The molecule has 2 aromatic rings. The molecular weight excluding hydrogens is 371 g/mol. The molecule has 0 fully saturated rings. The molecule has 26 heavy (non-hydrogen) atoms. The summed E-state index contributed by atoms with van der Waals surface area (Å²) in [5.74, 6) is -0.529. The number of rotatable bonds is 7. The highest BCUT2D eigenvalue weighted by molar-refractivity contribution is 6.44. The fraction of sp³-hybridized carbons (Fsp3) is 0.211. The fourth-order valence-corrected chi connectivity index (χ4v) is 2.59. The summed E-state index contributed by atoms with van der Waals surface area (Å²) in [7, 11) is 0. The number of nitrogens with one attached hydrogen (secondary N) is 1. The number of carbonyl (C=O) groups excluding carboxylic acids is 1. The molecular formula is C19H18Cl2N4O. The van der Waals surface area contributed by atoms with Crippen molar-refractivity contribution in [1.29, 1.82) is 5.26 Å². The van der Waals surface area contributed by atoms with E-state index in [9.17, 15) is 10.1 Å². The van der Waals surface area contributed by atoms with Gasteiger partial charge in [0.25, 0.3) is 5.91 Å². The molecule has 0 saturated carbocycles. The second-order valence-electron chi connectivity index (χ2n) is 5.44. The number of amides is 1. The van der Waals surface area contributed by atoms with Gasteiger partial charge in [-0.1, -0.05) is 29.3 Å². The Bertz CT molecular complexity index is 831. The van der Waals surface area contributed by atoms with Crippen molar-refractivity contribution in [2.24, 2.45) is 0 Å². The summed E-state index contributed by atoms with van der Waals surface area (Å²) in [5, 5.41) is 12.6. The molecule has 1 heterocycles. The van der Waals surface area contributed by atoms with Crippen molar-refractivity contribution in [2.75, 3.05) is 18.4 Å². The van der Waals surface area contributed by atoms with Gasteiger partial charge in [-0.15, -0.1) is 0 Å². The van der Waals surface area contributed by atoms with Crippen molar-refractivity contribution in [3.8, 4) is 6.07 Å². The number of hydrogen-bond acceptors (Lipinski definition) is 4. The minimum atomic E-state index is -0.529. The van der Waals surface area contributed by atoms with Crippen LogP contribution in [0.1, 0.15) is 12.5 Å². The highest BCUT2D eigenvalue weighted by Crippen LogP contribution is 2.29. The van der Waals surface area contributed by atoms with Gasteiger partial charge in [0.1, 0.15) is 11.6 Å². The van der Waals surface area contributed by atoms with E-state index in [1.165, 1.54) is 0 Å². The average Bonchev–Trinajstić information content (AvgIpc) is 2.66. The molecule has 7 heteroatoms. The van der Waals surface area contributed by atoms with Crippen molar-refractivity contribution in [1.82, 2.24) is 9.88 Å². The number of hydrogen-bond donors (Lipinski definition) is 1. The van der Waals surface area contributed by atoms with E-state index in [2.05, 4.69) is 10.3 Å². The number of carbonyl (C=O) groups is 1. The van der Waals surface area contributed by atoms with Crippen LogP contribution in [0.25, 0.3) is 0 Å². The standard InChI is InChI=1S/C19H18Cl2N4O/c1-2-25(11-8-14-6-9-23-10-7-14)13-15(12-22)19(26)24-17-5-3-4-16(20)18(17)21/h3-7,9-10,13H,2,8,11H2,1H3,(H,24,26)/b15-13-. The van der Waals surface area contributed by atoms with Crippen LogP contribution >= 0.6 is 23.2 Å². The van der Waals surface area contributed by atoms with E-state index in [-0.39, 0.29) is 10.6 Å². The second kappa shape index (κ2) is 9.81. The Labute approximate surface area is 162 Å².